The fourth-order valence-corrected chi connectivity index (χ4v) is 1.69. The molecule has 1 nitrogen and oxygen atoms in total. The van der Waals surface area contributed by atoms with Gasteiger partial charge in [0, 0.05) is 5.88 Å². The molecule has 0 fully saturated rings. The molecule has 0 spiro atoms. The summed E-state index contributed by atoms with van der Waals surface area (Å²) in [5, 5.41) is 0.646. The van der Waals surface area contributed by atoms with Crippen LogP contribution in [0, 0.1) is 6.92 Å². The molecule has 1 rings (SSSR count). The quantitative estimate of drug-likeness (QED) is 0.707. The van der Waals surface area contributed by atoms with Gasteiger partial charge in [0.25, 0.3) is 0 Å². The Morgan fingerprint density at radius 2 is 2.08 bits per heavy atom. The highest BCUT2D eigenvalue weighted by atomic mass is 35.5. The number of hydrogen-bond acceptors (Lipinski definition) is 1. The number of rotatable bonds is 3. The average molecular weight is 219 g/mol. The molecule has 1 aromatic carbocycles. The third-order valence-electron chi connectivity index (χ3n) is 1.97. The third kappa shape index (κ3) is 2.52. The number of methoxy groups -OCH3 is 1. The van der Waals surface area contributed by atoms with Crippen molar-refractivity contribution in [1.82, 2.24) is 0 Å². The fraction of sp³-hybridized carbons (Fsp3) is 0.400. The second-order valence-electron chi connectivity index (χ2n) is 2.85. The van der Waals surface area contributed by atoms with Crippen molar-refractivity contribution >= 4 is 23.2 Å². The van der Waals surface area contributed by atoms with E-state index in [9.17, 15) is 0 Å². The summed E-state index contributed by atoms with van der Waals surface area (Å²) in [6, 6.07) is 3.85. The molecule has 3 heteroatoms. The third-order valence-corrected chi connectivity index (χ3v) is 2.46. The molecule has 0 radical (unpaired) electrons. The van der Waals surface area contributed by atoms with Gasteiger partial charge in [-0.3, -0.25) is 0 Å². The Hall–Kier alpha value is -0.400. The Morgan fingerprint density at radius 1 is 1.38 bits per heavy atom. The average Bonchev–Trinajstić information content (AvgIpc) is 2.11. The minimum absolute atomic E-state index is 0.615. The Balaban J connectivity index is 3.05. The zero-order valence-corrected chi connectivity index (χ0v) is 9.24. The number of benzene rings is 1. The zero-order chi connectivity index (χ0) is 9.84. The van der Waals surface area contributed by atoms with Crippen molar-refractivity contribution in [1.29, 1.82) is 0 Å². The maximum Gasteiger partial charge on any atom is 0.137 e. The van der Waals surface area contributed by atoms with E-state index in [-0.39, 0.29) is 0 Å². The summed E-state index contributed by atoms with van der Waals surface area (Å²) >= 11 is 11.6. The molecule has 0 N–H and O–H groups in total. The van der Waals surface area contributed by atoms with Crippen LogP contribution in [0.2, 0.25) is 5.02 Å². The molecule has 0 unspecified atom stereocenters. The normalized spacial score (nSPS) is 10.2. The predicted molar refractivity (Wildman–Crippen MR) is 57.2 cm³/mol. The van der Waals surface area contributed by atoms with Crippen LogP contribution < -0.4 is 4.74 Å². The second-order valence-corrected chi connectivity index (χ2v) is 3.64. The molecule has 0 saturated heterocycles. The monoisotopic (exact) mass is 218 g/mol. The van der Waals surface area contributed by atoms with E-state index in [2.05, 4.69) is 0 Å². The minimum atomic E-state index is 0.615. The van der Waals surface area contributed by atoms with E-state index in [1.165, 1.54) is 11.1 Å². The van der Waals surface area contributed by atoms with Gasteiger partial charge in [-0.25, -0.2) is 0 Å². The summed E-state index contributed by atoms with van der Waals surface area (Å²) in [7, 11) is 1.61. The lowest BCUT2D eigenvalue weighted by Crippen LogP contribution is -1.93. The smallest absolute Gasteiger partial charge is 0.137 e. The molecular weight excluding hydrogens is 207 g/mol. The summed E-state index contributed by atoms with van der Waals surface area (Å²) in [4.78, 5) is 0. The van der Waals surface area contributed by atoms with Crippen molar-refractivity contribution in [3.8, 4) is 5.75 Å². The van der Waals surface area contributed by atoms with Crippen molar-refractivity contribution in [2.75, 3.05) is 13.0 Å². The molecule has 1 aromatic rings. The molecule has 0 aliphatic carbocycles. The van der Waals surface area contributed by atoms with Crippen LogP contribution in [-0.2, 0) is 6.42 Å². The minimum Gasteiger partial charge on any atom is -0.495 e. The van der Waals surface area contributed by atoms with E-state index in [1.807, 2.05) is 19.1 Å². The van der Waals surface area contributed by atoms with Crippen molar-refractivity contribution in [2.45, 2.75) is 13.3 Å². The van der Waals surface area contributed by atoms with Crippen LogP contribution in [0.1, 0.15) is 11.1 Å². The summed E-state index contributed by atoms with van der Waals surface area (Å²) in [6.45, 7) is 2.03. The van der Waals surface area contributed by atoms with Crippen LogP contribution in [0.4, 0.5) is 0 Å². The lowest BCUT2D eigenvalue weighted by atomic mass is 10.1. The summed E-state index contributed by atoms with van der Waals surface area (Å²) in [5.74, 6) is 1.33. The van der Waals surface area contributed by atoms with Crippen molar-refractivity contribution < 1.29 is 4.74 Å². The SMILES string of the molecule is COc1cc(C)c(CCCl)cc1Cl. The Morgan fingerprint density at radius 3 is 2.62 bits per heavy atom. The molecule has 0 heterocycles. The lowest BCUT2D eigenvalue weighted by Gasteiger charge is -2.08. The van der Waals surface area contributed by atoms with Gasteiger partial charge in [-0.05, 0) is 36.6 Å². The van der Waals surface area contributed by atoms with E-state index in [0.717, 1.165) is 12.2 Å². The molecule has 72 valence electrons. The number of ether oxygens (including phenoxy) is 1. The van der Waals surface area contributed by atoms with Gasteiger partial charge in [0.15, 0.2) is 0 Å². The highest BCUT2D eigenvalue weighted by molar-refractivity contribution is 6.32. The van der Waals surface area contributed by atoms with Crippen LogP contribution in [0.3, 0.4) is 0 Å². The first-order chi connectivity index (χ1) is 6.19. The molecule has 13 heavy (non-hydrogen) atoms. The molecular formula is C10H12Cl2O. The molecule has 0 aliphatic rings. The maximum atomic E-state index is 5.97. The molecule has 0 bridgehead atoms. The van der Waals surface area contributed by atoms with E-state index in [1.54, 1.807) is 7.11 Å². The van der Waals surface area contributed by atoms with E-state index < -0.39 is 0 Å². The van der Waals surface area contributed by atoms with Gasteiger partial charge in [0.05, 0.1) is 12.1 Å². The first kappa shape index (κ1) is 10.7. The van der Waals surface area contributed by atoms with Crippen LogP contribution >= 0.6 is 23.2 Å². The van der Waals surface area contributed by atoms with Gasteiger partial charge in [0.1, 0.15) is 5.75 Å². The van der Waals surface area contributed by atoms with Gasteiger partial charge in [0.2, 0.25) is 0 Å². The van der Waals surface area contributed by atoms with Crippen LogP contribution in [0.15, 0.2) is 12.1 Å². The van der Waals surface area contributed by atoms with Crippen molar-refractivity contribution in [2.24, 2.45) is 0 Å². The van der Waals surface area contributed by atoms with Crippen molar-refractivity contribution in [3.05, 3.63) is 28.3 Å². The van der Waals surface area contributed by atoms with Gasteiger partial charge >= 0.3 is 0 Å². The Labute approximate surface area is 88.6 Å². The number of halogens is 2. The predicted octanol–water partition coefficient (Wildman–Crippen LogP) is 3.44. The summed E-state index contributed by atoms with van der Waals surface area (Å²) in [5.41, 5.74) is 2.35. The number of aryl methyl sites for hydroxylation is 2. The largest absolute Gasteiger partial charge is 0.495 e. The van der Waals surface area contributed by atoms with Crippen LogP contribution in [-0.4, -0.2) is 13.0 Å². The van der Waals surface area contributed by atoms with Gasteiger partial charge < -0.3 is 4.74 Å². The lowest BCUT2D eigenvalue weighted by molar-refractivity contribution is 0.414. The number of hydrogen-bond donors (Lipinski definition) is 0. The molecule has 0 aromatic heterocycles. The fourth-order valence-electron chi connectivity index (χ4n) is 1.22. The zero-order valence-electron chi connectivity index (χ0n) is 7.73. The first-order valence-electron chi connectivity index (χ1n) is 4.08. The number of alkyl halides is 1. The first-order valence-corrected chi connectivity index (χ1v) is 4.99. The van der Waals surface area contributed by atoms with E-state index >= 15 is 0 Å². The highest BCUT2D eigenvalue weighted by Gasteiger charge is 2.05. The van der Waals surface area contributed by atoms with Crippen LogP contribution in [0.25, 0.3) is 0 Å². The van der Waals surface area contributed by atoms with Gasteiger partial charge in [-0.1, -0.05) is 11.6 Å². The topological polar surface area (TPSA) is 9.23 Å². The van der Waals surface area contributed by atoms with Crippen molar-refractivity contribution in [3.63, 3.8) is 0 Å². The Kier molecular flexibility index (Phi) is 3.89. The summed E-state index contributed by atoms with van der Waals surface area (Å²) < 4.78 is 5.09. The second kappa shape index (κ2) is 4.73. The van der Waals surface area contributed by atoms with Crippen LogP contribution in [0.5, 0.6) is 5.75 Å². The summed E-state index contributed by atoms with van der Waals surface area (Å²) in [6.07, 6.45) is 0.844. The molecule has 0 saturated carbocycles. The standard InChI is InChI=1S/C10H12Cl2O/c1-7-5-10(13-2)9(12)6-8(7)3-4-11/h5-6H,3-4H2,1-2H3. The Bertz CT molecular complexity index is 297. The highest BCUT2D eigenvalue weighted by Crippen LogP contribution is 2.28. The molecule has 0 atom stereocenters. The van der Waals surface area contributed by atoms with E-state index in [4.69, 9.17) is 27.9 Å². The van der Waals surface area contributed by atoms with Gasteiger partial charge in [-0.2, -0.15) is 0 Å². The maximum absolute atomic E-state index is 5.97. The molecule has 0 aliphatic heterocycles. The van der Waals surface area contributed by atoms with E-state index in [0.29, 0.717) is 10.9 Å². The van der Waals surface area contributed by atoms with Gasteiger partial charge in [-0.15, -0.1) is 11.6 Å². The molecule has 0 amide bonds.